The van der Waals surface area contributed by atoms with Gasteiger partial charge < -0.3 is 15.5 Å². The third kappa shape index (κ3) is 2.57. The van der Waals surface area contributed by atoms with Crippen molar-refractivity contribution in [3.05, 3.63) is 29.3 Å². The van der Waals surface area contributed by atoms with Crippen LogP contribution in [0.3, 0.4) is 0 Å². The van der Waals surface area contributed by atoms with E-state index in [0.717, 1.165) is 12.0 Å². The summed E-state index contributed by atoms with van der Waals surface area (Å²) in [6.45, 7) is 6.43. The van der Waals surface area contributed by atoms with E-state index in [2.05, 4.69) is 42.0 Å². The van der Waals surface area contributed by atoms with Gasteiger partial charge in [-0.15, -0.1) is 0 Å². The lowest BCUT2D eigenvalue weighted by Crippen LogP contribution is -2.52. The molecule has 0 saturated carbocycles. The van der Waals surface area contributed by atoms with Crippen LogP contribution < -0.4 is 10.6 Å². The summed E-state index contributed by atoms with van der Waals surface area (Å²) < 4.78 is 0. The Morgan fingerprint density at radius 3 is 2.90 bits per heavy atom. The van der Waals surface area contributed by atoms with E-state index in [9.17, 15) is 0 Å². The van der Waals surface area contributed by atoms with Gasteiger partial charge in [-0.1, -0.05) is 17.7 Å². The zero-order valence-corrected chi connectivity index (χ0v) is 12.8. The largest absolute Gasteiger partial charge is 0.371 e. The van der Waals surface area contributed by atoms with Gasteiger partial charge in [0.05, 0.1) is 0 Å². The van der Waals surface area contributed by atoms with Crippen molar-refractivity contribution >= 4 is 5.69 Å². The highest BCUT2D eigenvalue weighted by Crippen LogP contribution is 2.33. The lowest BCUT2D eigenvalue weighted by atomic mass is 9.84. The summed E-state index contributed by atoms with van der Waals surface area (Å²) in [4.78, 5) is 5.15. The molecule has 110 valence electrons. The van der Waals surface area contributed by atoms with Gasteiger partial charge in [-0.05, 0) is 57.3 Å². The molecule has 0 aliphatic carbocycles. The van der Waals surface area contributed by atoms with Gasteiger partial charge in [0, 0.05) is 31.4 Å². The van der Waals surface area contributed by atoms with Gasteiger partial charge in [-0.25, -0.2) is 0 Å². The topological polar surface area (TPSA) is 32.5 Å². The van der Waals surface area contributed by atoms with Crippen LogP contribution in [-0.4, -0.2) is 37.6 Å². The van der Waals surface area contributed by atoms with Gasteiger partial charge in [0.25, 0.3) is 0 Å². The fourth-order valence-corrected chi connectivity index (χ4v) is 4.06. The highest BCUT2D eigenvalue weighted by molar-refractivity contribution is 5.55. The molecule has 2 atom stereocenters. The van der Waals surface area contributed by atoms with Crippen molar-refractivity contribution < 1.29 is 0 Å². The molecule has 0 spiro atoms. The minimum Gasteiger partial charge on any atom is -0.371 e. The van der Waals surface area contributed by atoms with Crippen molar-refractivity contribution in [1.29, 1.82) is 0 Å². The Labute approximate surface area is 122 Å². The predicted molar refractivity (Wildman–Crippen MR) is 85.0 cm³/mol. The molecule has 2 aliphatic heterocycles. The Balaban J connectivity index is 1.79. The summed E-state index contributed by atoms with van der Waals surface area (Å²) in [5.41, 5.74) is 9.92. The van der Waals surface area contributed by atoms with Gasteiger partial charge >= 0.3 is 0 Å². The fraction of sp³-hybridized carbons (Fsp3) is 0.647. The second-order valence-electron chi connectivity index (χ2n) is 6.52. The molecule has 2 saturated heterocycles. The van der Waals surface area contributed by atoms with Crippen LogP contribution in [0.15, 0.2) is 18.2 Å². The van der Waals surface area contributed by atoms with E-state index >= 15 is 0 Å². The first-order valence-corrected chi connectivity index (χ1v) is 7.94. The third-order valence-electron chi connectivity index (χ3n) is 5.14. The quantitative estimate of drug-likeness (QED) is 0.898. The Morgan fingerprint density at radius 2 is 2.10 bits per heavy atom. The average molecular weight is 273 g/mol. The van der Waals surface area contributed by atoms with Crippen molar-refractivity contribution in [2.45, 2.75) is 38.8 Å². The van der Waals surface area contributed by atoms with E-state index in [1.807, 2.05) is 0 Å². The number of aryl methyl sites for hydroxylation is 1. The van der Waals surface area contributed by atoms with E-state index < -0.39 is 0 Å². The van der Waals surface area contributed by atoms with Crippen molar-refractivity contribution in [2.24, 2.45) is 11.7 Å². The maximum atomic E-state index is 5.95. The number of benzene rings is 1. The first kappa shape index (κ1) is 13.9. The SMILES string of the molecule is Cc1ccc(N2CCC3C(CCCN3C)C2)c(CN)c1. The summed E-state index contributed by atoms with van der Waals surface area (Å²) in [6.07, 6.45) is 4.03. The monoisotopic (exact) mass is 273 g/mol. The van der Waals surface area contributed by atoms with Gasteiger partial charge in [0.15, 0.2) is 0 Å². The zero-order valence-electron chi connectivity index (χ0n) is 12.8. The maximum Gasteiger partial charge on any atom is 0.0412 e. The minimum absolute atomic E-state index is 0.640. The molecule has 20 heavy (non-hydrogen) atoms. The van der Waals surface area contributed by atoms with Gasteiger partial charge in [0.2, 0.25) is 0 Å². The fourth-order valence-electron chi connectivity index (χ4n) is 4.06. The Bertz CT molecular complexity index is 471. The Kier molecular flexibility index (Phi) is 3.99. The number of rotatable bonds is 2. The van der Waals surface area contributed by atoms with E-state index in [1.54, 1.807) is 0 Å². The number of likely N-dealkylation sites (tertiary alicyclic amines) is 1. The standard InChI is InChI=1S/C17H27N3/c1-13-5-6-17(15(10-13)11-18)20-9-7-16-14(12-20)4-3-8-19(16)2/h5-6,10,14,16H,3-4,7-9,11-12,18H2,1-2H3. The van der Waals surface area contributed by atoms with Crippen LogP contribution in [0.25, 0.3) is 0 Å². The molecule has 2 heterocycles. The van der Waals surface area contributed by atoms with E-state index in [-0.39, 0.29) is 0 Å². The molecule has 3 heteroatoms. The number of fused-ring (bicyclic) bond motifs is 1. The number of hydrogen-bond acceptors (Lipinski definition) is 3. The second-order valence-corrected chi connectivity index (χ2v) is 6.52. The summed E-state index contributed by atoms with van der Waals surface area (Å²) in [6, 6.07) is 7.53. The maximum absolute atomic E-state index is 5.95. The number of nitrogens with two attached hydrogens (primary N) is 1. The van der Waals surface area contributed by atoms with E-state index in [0.29, 0.717) is 6.54 Å². The second kappa shape index (κ2) is 5.74. The van der Waals surface area contributed by atoms with Crippen molar-refractivity contribution in [3.63, 3.8) is 0 Å². The molecule has 0 aromatic heterocycles. The molecule has 1 aromatic carbocycles. The van der Waals surface area contributed by atoms with Crippen LogP contribution in [0.5, 0.6) is 0 Å². The normalized spacial score (nSPS) is 27.4. The zero-order chi connectivity index (χ0) is 14.1. The first-order chi connectivity index (χ1) is 9.69. The molecule has 2 unspecified atom stereocenters. The molecular formula is C17H27N3. The highest BCUT2D eigenvalue weighted by Gasteiger charge is 2.34. The molecule has 3 rings (SSSR count). The summed E-state index contributed by atoms with van der Waals surface area (Å²) >= 11 is 0. The van der Waals surface area contributed by atoms with Crippen LogP contribution in [0.2, 0.25) is 0 Å². The molecule has 0 radical (unpaired) electrons. The molecule has 3 nitrogen and oxygen atoms in total. The van der Waals surface area contributed by atoms with Crippen molar-refractivity contribution in [1.82, 2.24) is 4.90 Å². The minimum atomic E-state index is 0.640. The van der Waals surface area contributed by atoms with Gasteiger partial charge in [0.1, 0.15) is 0 Å². The van der Waals surface area contributed by atoms with Crippen molar-refractivity contribution in [2.75, 3.05) is 31.6 Å². The molecule has 1 aromatic rings. The van der Waals surface area contributed by atoms with Crippen LogP contribution in [0, 0.1) is 12.8 Å². The smallest absolute Gasteiger partial charge is 0.0412 e. The molecular weight excluding hydrogens is 246 g/mol. The number of nitrogens with zero attached hydrogens (tertiary/aromatic N) is 2. The Morgan fingerprint density at radius 1 is 1.25 bits per heavy atom. The van der Waals surface area contributed by atoms with Gasteiger partial charge in [-0.2, -0.15) is 0 Å². The average Bonchev–Trinajstić information content (AvgIpc) is 2.47. The number of hydrogen-bond donors (Lipinski definition) is 1. The molecule has 2 aliphatic rings. The van der Waals surface area contributed by atoms with Crippen LogP contribution in [0.4, 0.5) is 5.69 Å². The molecule has 0 amide bonds. The predicted octanol–water partition coefficient (Wildman–Crippen LogP) is 2.37. The van der Waals surface area contributed by atoms with Gasteiger partial charge in [-0.3, -0.25) is 0 Å². The highest BCUT2D eigenvalue weighted by atomic mass is 15.2. The van der Waals surface area contributed by atoms with Crippen LogP contribution >= 0.6 is 0 Å². The number of anilines is 1. The van der Waals surface area contributed by atoms with Crippen LogP contribution in [0.1, 0.15) is 30.4 Å². The van der Waals surface area contributed by atoms with E-state index in [4.69, 9.17) is 5.73 Å². The summed E-state index contributed by atoms with van der Waals surface area (Å²) in [5, 5.41) is 0. The lowest BCUT2D eigenvalue weighted by Gasteiger charge is -2.47. The number of piperidine rings is 2. The molecule has 0 bridgehead atoms. The lowest BCUT2D eigenvalue weighted by molar-refractivity contribution is 0.102. The van der Waals surface area contributed by atoms with Crippen molar-refractivity contribution in [3.8, 4) is 0 Å². The molecule has 2 N–H and O–H groups in total. The third-order valence-corrected chi connectivity index (χ3v) is 5.14. The van der Waals surface area contributed by atoms with Crippen LogP contribution in [-0.2, 0) is 6.54 Å². The summed E-state index contributed by atoms with van der Waals surface area (Å²) in [5.74, 6) is 0.828. The Hall–Kier alpha value is -1.06. The summed E-state index contributed by atoms with van der Waals surface area (Å²) in [7, 11) is 2.30. The van der Waals surface area contributed by atoms with E-state index in [1.165, 1.54) is 55.7 Å². The molecule has 2 fully saturated rings. The first-order valence-electron chi connectivity index (χ1n) is 7.94.